The largest absolute Gasteiger partial charge is 0.493 e. The number of nitrogens with zero attached hydrogens (tertiary/aromatic N) is 2. The van der Waals surface area contributed by atoms with Gasteiger partial charge in [0.25, 0.3) is 0 Å². The summed E-state index contributed by atoms with van der Waals surface area (Å²) < 4.78 is 22.0. The summed E-state index contributed by atoms with van der Waals surface area (Å²) in [6.45, 7) is 2.83. The molecule has 3 aliphatic rings. The van der Waals surface area contributed by atoms with E-state index in [9.17, 15) is 4.79 Å². The molecule has 0 spiro atoms. The van der Waals surface area contributed by atoms with Crippen molar-refractivity contribution in [3.05, 3.63) is 46.5 Å². The molecule has 7 nitrogen and oxygen atoms in total. The van der Waals surface area contributed by atoms with E-state index in [-0.39, 0.29) is 18.3 Å². The molecule has 1 amide bonds. The Labute approximate surface area is 213 Å². The molecule has 2 aromatic rings. The van der Waals surface area contributed by atoms with Gasteiger partial charge in [0.05, 0.1) is 20.6 Å². The summed E-state index contributed by atoms with van der Waals surface area (Å²) in [7, 11) is 5.49. The number of carbonyl (C=O) groups excluding carboxylic acids is 1. The Morgan fingerprint density at radius 1 is 0.971 bits per heavy atom. The van der Waals surface area contributed by atoms with Crippen LogP contribution in [0, 0.1) is 0 Å². The number of halogens is 1. The van der Waals surface area contributed by atoms with Crippen LogP contribution in [-0.2, 0) is 30.5 Å². The molecule has 0 fully saturated rings. The highest BCUT2D eigenvalue weighted by atomic mass is 35.5. The highest BCUT2D eigenvalue weighted by Crippen LogP contribution is 2.38. The summed E-state index contributed by atoms with van der Waals surface area (Å²) in [6, 6.07) is 8.80. The van der Waals surface area contributed by atoms with Gasteiger partial charge >= 0.3 is 0 Å². The van der Waals surface area contributed by atoms with Crippen molar-refractivity contribution in [2.45, 2.75) is 44.6 Å². The fourth-order valence-corrected chi connectivity index (χ4v) is 5.45. The summed E-state index contributed by atoms with van der Waals surface area (Å²) in [5, 5.41) is 0. The summed E-state index contributed by atoms with van der Waals surface area (Å²) in [5.41, 5.74) is 4.98. The van der Waals surface area contributed by atoms with E-state index in [1.165, 1.54) is 16.7 Å². The van der Waals surface area contributed by atoms with E-state index >= 15 is 0 Å². The van der Waals surface area contributed by atoms with Crippen LogP contribution in [0.25, 0.3) is 0 Å². The van der Waals surface area contributed by atoms with Gasteiger partial charge in [0, 0.05) is 19.1 Å². The minimum atomic E-state index is 0. The topological polar surface area (TPSA) is 60.5 Å². The van der Waals surface area contributed by atoms with Gasteiger partial charge in [-0.05, 0) is 92.2 Å². The number of aryl methyl sites for hydroxylation is 1. The Balaban J connectivity index is 0.00000289. The Morgan fingerprint density at radius 2 is 1.63 bits per heavy atom. The number of fused-ring (bicyclic) bond motifs is 3. The van der Waals surface area contributed by atoms with Gasteiger partial charge in [0.2, 0.25) is 12.7 Å². The molecule has 0 radical (unpaired) electrons. The zero-order valence-electron chi connectivity index (χ0n) is 20.8. The maximum atomic E-state index is 13.0. The van der Waals surface area contributed by atoms with Crippen molar-refractivity contribution in [2.75, 3.05) is 47.7 Å². The normalized spacial score (nSPS) is 18.5. The number of likely N-dealkylation sites (N-methyl/N-ethyl adjacent to an activating group) is 1. The average Bonchev–Trinajstić information content (AvgIpc) is 3.25. The van der Waals surface area contributed by atoms with Crippen molar-refractivity contribution in [3.8, 4) is 23.0 Å². The van der Waals surface area contributed by atoms with Crippen molar-refractivity contribution in [1.82, 2.24) is 9.80 Å². The zero-order chi connectivity index (χ0) is 23.7. The number of benzene rings is 2. The second kappa shape index (κ2) is 11.0. The number of methoxy groups -OCH3 is 2. The van der Waals surface area contributed by atoms with Gasteiger partial charge in [-0.1, -0.05) is 0 Å². The smallest absolute Gasteiger partial charge is 0.231 e. The fourth-order valence-electron chi connectivity index (χ4n) is 5.45. The third kappa shape index (κ3) is 5.31. The molecular weight excluding hydrogens is 468 g/mol. The third-order valence-electron chi connectivity index (χ3n) is 7.51. The van der Waals surface area contributed by atoms with Crippen molar-refractivity contribution in [2.24, 2.45) is 0 Å². The molecule has 1 atom stereocenters. The predicted molar refractivity (Wildman–Crippen MR) is 136 cm³/mol. The Bertz CT molecular complexity index is 1080. The quantitative estimate of drug-likeness (QED) is 0.576. The molecule has 2 aromatic carbocycles. The average molecular weight is 503 g/mol. The molecule has 35 heavy (non-hydrogen) atoms. The van der Waals surface area contributed by atoms with Crippen LogP contribution in [0.5, 0.6) is 23.0 Å². The summed E-state index contributed by atoms with van der Waals surface area (Å²) in [6.07, 6.45) is 5.47. The second-order valence-corrected chi connectivity index (χ2v) is 9.49. The lowest BCUT2D eigenvalue weighted by Crippen LogP contribution is -2.39. The van der Waals surface area contributed by atoms with Gasteiger partial charge in [-0.2, -0.15) is 0 Å². The Hall–Kier alpha value is -2.64. The Morgan fingerprint density at radius 3 is 2.34 bits per heavy atom. The fraction of sp³-hybridized carbons (Fsp3) is 0.519. The molecular formula is C27H35ClN2O5. The van der Waals surface area contributed by atoms with Gasteiger partial charge in [-0.25, -0.2) is 0 Å². The van der Waals surface area contributed by atoms with Crippen LogP contribution >= 0.6 is 12.4 Å². The van der Waals surface area contributed by atoms with E-state index in [1.807, 2.05) is 17.0 Å². The minimum Gasteiger partial charge on any atom is -0.493 e. The third-order valence-corrected chi connectivity index (χ3v) is 7.51. The highest BCUT2D eigenvalue weighted by Gasteiger charge is 2.26. The molecule has 0 aromatic heterocycles. The van der Waals surface area contributed by atoms with Crippen LogP contribution in [0.2, 0.25) is 0 Å². The van der Waals surface area contributed by atoms with Crippen LogP contribution in [0.3, 0.4) is 0 Å². The number of ether oxygens (including phenoxy) is 4. The van der Waals surface area contributed by atoms with Gasteiger partial charge in [-0.3, -0.25) is 4.79 Å². The molecule has 0 bridgehead atoms. The molecule has 1 unspecified atom stereocenters. The van der Waals surface area contributed by atoms with Crippen molar-refractivity contribution >= 4 is 18.3 Å². The van der Waals surface area contributed by atoms with Gasteiger partial charge in [0.15, 0.2) is 23.0 Å². The lowest BCUT2D eigenvalue weighted by molar-refractivity contribution is -0.130. The number of hydrogen-bond acceptors (Lipinski definition) is 6. The molecule has 2 aliphatic heterocycles. The van der Waals surface area contributed by atoms with Crippen molar-refractivity contribution in [1.29, 1.82) is 0 Å². The van der Waals surface area contributed by atoms with Crippen LogP contribution < -0.4 is 18.9 Å². The maximum Gasteiger partial charge on any atom is 0.231 e. The van der Waals surface area contributed by atoms with Crippen LogP contribution in [-0.4, -0.2) is 69.4 Å². The monoisotopic (exact) mass is 502 g/mol. The number of rotatable bonds is 7. The van der Waals surface area contributed by atoms with E-state index in [0.717, 1.165) is 74.6 Å². The molecule has 2 heterocycles. The van der Waals surface area contributed by atoms with Crippen LogP contribution in [0.4, 0.5) is 0 Å². The standard InChI is InChI=1S/C27H34N2O5.ClH/c1-28(22-6-5-18-13-25-26(34-17-33-25)15-20(18)11-22)8-4-9-29-10-7-19-12-23(31-2)24(32-3)14-21(19)16-27(29)30;/h12-15,22H,4-11,16-17H2,1-3H3;1H. The van der Waals surface area contributed by atoms with Crippen molar-refractivity contribution in [3.63, 3.8) is 0 Å². The van der Waals surface area contributed by atoms with E-state index in [0.29, 0.717) is 25.0 Å². The Kier molecular flexibility index (Phi) is 7.97. The molecule has 0 saturated heterocycles. The first kappa shape index (κ1) is 25.5. The maximum absolute atomic E-state index is 13.0. The van der Waals surface area contributed by atoms with E-state index in [4.69, 9.17) is 18.9 Å². The zero-order valence-corrected chi connectivity index (χ0v) is 21.6. The second-order valence-electron chi connectivity index (χ2n) is 9.49. The lowest BCUT2D eigenvalue weighted by atomic mass is 9.87. The van der Waals surface area contributed by atoms with Crippen LogP contribution in [0.15, 0.2) is 24.3 Å². The van der Waals surface area contributed by atoms with E-state index in [1.54, 1.807) is 14.2 Å². The van der Waals surface area contributed by atoms with Gasteiger partial charge < -0.3 is 28.7 Å². The lowest BCUT2D eigenvalue weighted by Gasteiger charge is -2.33. The first-order valence-electron chi connectivity index (χ1n) is 12.2. The molecule has 0 N–H and O–H groups in total. The predicted octanol–water partition coefficient (Wildman–Crippen LogP) is 3.66. The molecule has 5 rings (SSSR count). The summed E-state index contributed by atoms with van der Waals surface area (Å²) >= 11 is 0. The van der Waals surface area contributed by atoms with Gasteiger partial charge in [0.1, 0.15) is 0 Å². The molecule has 8 heteroatoms. The highest BCUT2D eigenvalue weighted by molar-refractivity contribution is 5.85. The van der Waals surface area contributed by atoms with E-state index < -0.39 is 0 Å². The van der Waals surface area contributed by atoms with Crippen molar-refractivity contribution < 1.29 is 23.7 Å². The van der Waals surface area contributed by atoms with E-state index in [2.05, 4.69) is 24.1 Å². The summed E-state index contributed by atoms with van der Waals surface area (Å²) in [5.74, 6) is 3.35. The SMILES string of the molecule is COc1cc2c(cc1OC)CC(=O)N(CCCN(C)C1CCc3cc4c(cc3C1)OCO4)CC2.Cl. The first-order valence-corrected chi connectivity index (χ1v) is 12.2. The number of hydrogen-bond donors (Lipinski definition) is 0. The first-order chi connectivity index (χ1) is 16.6. The molecule has 1 aliphatic carbocycles. The number of carbonyl (C=O) groups is 1. The summed E-state index contributed by atoms with van der Waals surface area (Å²) in [4.78, 5) is 17.4. The molecule has 190 valence electrons. The van der Waals surface area contributed by atoms with Gasteiger partial charge in [-0.15, -0.1) is 12.4 Å². The number of amides is 1. The molecule has 0 saturated carbocycles. The van der Waals surface area contributed by atoms with Crippen LogP contribution in [0.1, 0.15) is 35.1 Å². The minimum absolute atomic E-state index is 0.